The van der Waals surface area contributed by atoms with E-state index in [2.05, 4.69) is 27.3 Å². The highest BCUT2D eigenvalue weighted by Crippen LogP contribution is 2.22. The minimum absolute atomic E-state index is 0.0869. The highest BCUT2D eigenvalue weighted by atomic mass is 127. The first-order chi connectivity index (χ1) is 6.63. The van der Waals surface area contributed by atoms with Crippen molar-refractivity contribution in [2.75, 3.05) is 19.5 Å². The second-order valence-corrected chi connectivity index (χ2v) is 3.72. The zero-order valence-corrected chi connectivity index (χ0v) is 9.78. The molecule has 0 aliphatic carbocycles. The number of anilines is 1. The summed E-state index contributed by atoms with van der Waals surface area (Å²) in [6.07, 6.45) is 0. The Morgan fingerprint density at radius 2 is 2.29 bits per heavy atom. The van der Waals surface area contributed by atoms with Crippen molar-refractivity contribution in [3.8, 4) is 5.75 Å². The lowest BCUT2D eigenvalue weighted by molar-refractivity contribution is -0.142. The molecule has 0 aromatic heterocycles. The summed E-state index contributed by atoms with van der Waals surface area (Å²) in [6.45, 7) is -0.0869. The van der Waals surface area contributed by atoms with Crippen molar-refractivity contribution < 1.29 is 14.3 Å². The van der Waals surface area contributed by atoms with E-state index in [0.717, 1.165) is 3.57 Å². The number of benzene rings is 1. The second-order valence-electron chi connectivity index (χ2n) is 2.55. The number of hydrogen-bond donors (Lipinski definition) is 1. The normalized spacial score (nSPS) is 9.57. The van der Waals surface area contributed by atoms with Crippen molar-refractivity contribution in [3.63, 3.8) is 0 Å². The van der Waals surface area contributed by atoms with Gasteiger partial charge >= 0.3 is 5.97 Å². The molecule has 0 radical (unpaired) electrons. The largest absolute Gasteiger partial charge is 0.481 e. The summed E-state index contributed by atoms with van der Waals surface area (Å²) in [5.74, 6) is 0.225. The van der Waals surface area contributed by atoms with Gasteiger partial charge in [-0.15, -0.1) is 0 Å². The highest BCUT2D eigenvalue weighted by molar-refractivity contribution is 14.1. The number of carbonyl (C=O) groups is 1. The van der Waals surface area contributed by atoms with Crippen LogP contribution < -0.4 is 10.5 Å². The SMILES string of the molecule is COC(=O)COc1ccc(N)cc1I. The van der Waals surface area contributed by atoms with E-state index in [4.69, 9.17) is 10.5 Å². The minimum atomic E-state index is -0.405. The smallest absolute Gasteiger partial charge is 0.343 e. The summed E-state index contributed by atoms with van der Waals surface area (Å²) in [6, 6.07) is 5.21. The van der Waals surface area contributed by atoms with E-state index in [1.54, 1.807) is 18.2 Å². The van der Waals surface area contributed by atoms with Crippen LogP contribution in [0.2, 0.25) is 0 Å². The molecule has 14 heavy (non-hydrogen) atoms. The number of nitrogen functional groups attached to an aromatic ring is 1. The molecular weight excluding hydrogens is 297 g/mol. The highest BCUT2D eigenvalue weighted by Gasteiger charge is 2.04. The van der Waals surface area contributed by atoms with Crippen LogP contribution in [0.25, 0.3) is 0 Å². The number of esters is 1. The van der Waals surface area contributed by atoms with Crippen molar-refractivity contribution in [3.05, 3.63) is 21.8 Å². The van der Waals surface area contributed by atoms with Crippen LogP contribution in [-0.4, -0.2) is 19.7 Å². The zero-order valence-electron chi connectivity index (χ0n) is 7.62. The molecule has 76 valence electrons. The van der Waals surface area contributed by atoms with Gasteiger partial charge in [-0.25, -0.2) is 4.79 Å². The van der Waals surface area contributed by atoms with Gasteiger partial charge in [-0.1, -0.05) is 0 Å². The second kappa shape index (κ2) is 5.04. The molecule has 5 heteroatoms. The first-order valence-electron chi connectivity index (χ1n) is 3.88. The van der Waals surface area contributed by atoms with Crippen LogP contribution in [-0.2, 0) is 9.53 Å². The average molecular weight is 307 g/mol. The van der Waals surface area contributed by atoms with Crippen LogP contribution in [0.3, 0.4) is 0 Å². The van der Waals surface area contributed by atoms with Gasteiger partial charge in [0.25, 0.3) is 0 Å². The van der Waals surface area contributed by atoms with Crippen LogP contribution in [0, 0.1) is 3.57 Å². The van der Waals surface area contributed by atoms with E-state index in [1.165, 1.54) is 7.11 Å². The van der Waals surface area contributed by atoms with Gasteiger partial charge in [0.15, 0.2) is 6.61 Å². The number of hydrogen-bond acceptors (Lipinski definition) is 4. The number of carbonyl (C=O) groups excluding carboxylic acids is 1. The molecule has 0 saturated heterocycles. The van der Waals surface area contributed by atoms with E-state index < -0.39 is 5.97 Å². The molecule has 0 aliphatic rings. The van der Waals surface area contributed by atoms with E-state index in [-0.39, 0.29) is 6.61 Å². The molecule has 0 saturated carbocycles. The Kier molecular flexibility index (Phi) is 3.99. The maximum absolute atomic E-state index is 10.8. The minimum Gasteiger partial charge on any atom is -0.481 e. The zero-order chi connectivity index (χ0) is 10.6. The maximum atomic E-state index is 10.8. The molecule has 0 heterocycles. The summed E-state index contributed by atoms with van der Waals surface area (Å²) < 4.78 is 10.5. The first-order valence-corrected chi connectivity index (χ1v) is 4.96. The van der Waals surface area contributed by atoms with Gasteiger partial charge in [-0.2, -0.15) is 0 Å². The van der Waals surface area contributed by atoms with E-state index in [0.29, 0.717) is 11.4 Å². The monoisotopic (exact) mass is 307 g/mol. The van der Waals surface area contributed by atoms with Gasteiger partial charge in [-0.3, -0.25) is 0 Å². The lowest BCUT2D eigenvalue weighted by Crippen LogP contribution is -2.13. The Bertz CT molecular complexity index is 341. The molecular formula is C9H10INO3. The molecule has 2 N–H and O–H groups in total. The van der Waals surface area contributed by atoms with Crippen LogP contribution >= 0.6 is 22.6 Å². The third-order valence-corrected chi connectivity index (χ3v) is 2.37. The lowest BCUT2D eigenvalue weighted by Gasteiger charge is -2.06. The Morgan fingerprint density at radius 1 is 1.57 bits per heavy atom. The number of halogens is 1. The molecule has 0 spiro atoms. The molecule has 0 fully saturated rings. The maximum Gasteiger partial charge on any atom is 0.343 e. The molecule has 0 unspecified atom stereocenters. The van der Waals surface area contributed by atoms with Gasteiger partial charge in [0.05, 0.1) is 10.7 Å². The van der Waals surface area contributed by atoms with Crippen molar-refractivity contribution in [1.29, 1.82) is 0 Å². The Balaban J connectivity index is 2.63. The Morgan fingerprint density at radius 3 is 2.86 bits per heavy atom. The third kappa shape index (κ3) is 3.06. The fourth-order valence-corrected chi connectivity index (χ4v) is 1.52. The number of rotatable bonds is 3. The fraction of sp³-hybridized carbons (Fsp3) is 0.222. The molecule has 0 bridgehead atoms. The van der Waals surface area contributed by atoms with Gasteiger partial charge in [0, 0.05) is 5.69 Å². The molecule has 4 nitrogen and oxygen atoms in total. The number of methoxy groups -OCH3 is 1. The Labute approximate surface area is 95.5 Å². The van der Waals surface area contributed by atoms with Crippen LogP contribution in [0.1, 0.15) is 0 Å². The fourth-order valence-electron chi connectivity index (χ4n) is 0.830. The topological polar surface area (TPSA) is 61.5 Å². The van der Waals surface area contributed by atoms with Crippen molar-refractivity contribution in [1.82, 2.24) is 0 Å². The van der Waals surface area contributed by atoms with Gasteiger partial charge in [-0.05, 0) is 40.8 Å². The van der Waals surface area contributed by atoms with E-state index in [1.807, 2.05) is 0 Å². The average Bonchev–Trinajstić information content (AvgIpc) is 2.16. The molecule has 0 atom stereocenters. The summed E-state index contributed by atoms with van der Waals surface area (Å²) in [7, 11) is 1.32. The standard InChI is InChI=1S/C9H10INO3/c1-13-9(12)5-14-8-3-2-6(11)4-7(8)10/h2-4H,5,11H2,1H3. The number of ether oxygens (including phenoxy) is 2. The summed E-state index contributed by atoms with van der Waals surface area (Å²) >= 11 is 2.09. The molecule has 1 aromatic carbocycles. The van der Waals surface area contributed by atoms with Crippen LogP contribution in [0.4, 0.5) is 5.69 Å². The predicted octanol–water partition coefficient (Wildman–Crippen LogP) is 1.43. The molecule has 1 aromatic rings. The summed E-state index contributed by atoms with van der Waals surface area (Å²) in [5, 5.41) is 0. The van der Waals surface area contributed by atoms with Crippen molar-refractivity contribution in [2.24, 2.45) is 0 Å². The van der Waals surface area contributed by atoms with Crippen molar-refractivity contribution >= 4 is 34.2 Å². The molecule has 0 amide bonds. The third-order valence-electron chi connectivity index (χ3n) is 1.53. The molecule has 1 rings (SSSR count). The quantitative estimate of drug-likeness (QED) is 0.521. The van der Waals surface area contributed by atoms with Gasteiger partial charge < -0.3 is 15.2 Å². The Hall–Kier alpha value is -0.980. The van der Waals surface area contributed by atoms with Crippen LogP contribution in [0.15, 0.2) is 18.2 Å². The predicted molar refractivity (Wildman–Crippen MR) is 61.1 cm³/mol. The van der Waals surface area contributed by atoms with E-state index in [9.17, 15) is 4.79 Å². The summed E-state index contributed by atoms with van der Waals surface area (Å²) in [4.78, 5) is 10.8. The van der Waals surface area contributed by atoms with E-state index >= 15 is 0 Å². The van der Waals surface area contributed by atoms with Gasteiger partial charge in [0.1, 0.15) is 5.75 Å². The summed E-state index contributed by atoms with van der Waals surface area (Å²) in [5.41, 5.74) is 6.22. The van der Waals surface area contributed by atoms with Crippen molar-refractivity contribution in [2.45, 2.75) is 0 Å². The first kappa shape index (κ1) is 11.1. The lowest BCUT2D eigenvalue weighted by atomic mass is 10.3. The van der Waals surface area contributed by atoms with Gasteiger partial charge in [0.2, 0.25) is 0 Å². The van der Waals surface area contributed by atoms with Crippen LogP contribution in [0.5, 0.6) is 5.75 Å². The number of nitrogens with two attached hydrogens (primary N) is 1. The molecule has 0 aliphatic heterocycles.